The van der Waals surface area contributed by atoms with E-state index in [1.54, 1.807) is 6.92 Å². The first-order valence-electron chi connectivity index (χ1n) is 6.24. The standard InChI is InChI=1S/C14H15FN2O3S/c1-2-20-13(18)6-8-3-9(5-12(17)14(19)21)11(15)4-10(8)7-16/h3-4,12H,2,5-6,17H2,1H3,(H,19,21)/t12-/m0/s1. The molecular weight excluding hydrogens is 295 g/mol. The van der Waals surface area contributed by atoms with E-state index in [1.807, 2.05) is 6.07 Å². The lowest BCUT2D eigenvalue weighted by Crippen LogP contribution is -2.31. The lowest BCUT2D eigenvalue weighted by molar-refractivity contribution is -0.142. The molecule has 0 saturated carbocycles. The molecular formula is C14H15FN2O3S. The summed E-state index contributed by atoms with van der Waals surface area (Å²) in [6.07, 6.45) is -0.161. The molecule has 0 aliphatic carbocycles. The summed E-state index contributed by atoms with van der Waals surface area (Å²) in [6.45, 7) is 1.89. The van der Waals surface area contributed by atoms with Gasteiger partial charge in [0, 0.05) is 0 Å². The number of thiocarbonyl (C=S) groups is 1. The van der Waals surface area contributed by atoms with E-state index >= 15 is 0 Å². The molecule has 21 heavy (non-hydrogen) atoms. The summed E-state index contributed by atoms with van der Waals surface area (Å²) in [4.78, 5) is 11.5. The highest BCUT2D eigenvalue weighted by Gasteiger charge is 2.17. The van der Waals surface area contributed by atoms with E-state index in [1.165, 1.54) is 6.07 Å². The zero-order valence-electron chi connectivity index (χ0n) is 11.4. The molecule has 0 aromatic heterocycles. The number of hydrogen-bond acceptors (Lipinski definition) is 5. The van der Waals surface area contributed by atoms with Crippen molar-refractivity contribution in [1.82, 2.24) is 0 Å². The molecule has 0 unspecified atom stereocenters. The number of nitrogens with zero attached hydrogens (tertiary/aromatic N) is 1. The normalized spacial score (nSPS) is 11.5. The Kier molecular flexibility index (Phi) is 6.21. The quantitative estimate of drug-likeness (QED) is 0.611. The molecule has 1 rings (SSSR count). The van der Waals surface area contributed by atoms with E-state index in [0.717, 1.165) is 6.07 Å². The van der Waals surface area contributed by atoms with E-state index in [4.69, 9.17) is 20.8 Å². The molecule has 1 aromatic carbocycles. The molecule has 1 aromatic rings. The lowest BCUT2D eigenvalue weighted by atomic mass is 9.98. The summed E-state index contributed by atoms with van der Waals surface area (Å²) in [5.74, 6) is -1.14. The molecule has 0 fully saturated rings. The van der Waals surface area contributed by atoms with E-state index < -0.39 is 22.9 Å². The minimum atomic E-state index is -0.891. The summed E-state index contributed by atoms with van der Waals surface area (Å²) in [5.41, 5.74) is 6.16. The first-order chi connectivity index (χ1) is 9.88. The Balaban J connectivity index is 3.09. The third kappa shape index (κ3) is 4.77. The SMILES string of the molecule is CCOC(=O)Cc1cc(C[C@H](N)C(O)=S)c(F)cc1C#N. The topological polar surface area (TPSA) is 96.3 Å². The Hall–Kier alpha value is -2.04. The third-order valence-electron chi connectivity index (χ3n) is 2.79. The molecule has 0 aliphatic heterocycles. The predicted molar refractivity (Wildman–Crippen MR) is 78.4 cm³/mol. The van der Waals surface area contributed by atoms with Gasteiger partial charge in [-0.1, -0.05) is 6.07 Å². The fourth-order valence-corrected chi connectivity index (χ4v) is 1.85. The third-order valence-corrected chi connectivity index (χ3v) is 3.09. The predicted octanol–water partition coefficient (Wildman–Crippen LogP) is 1.56. The maximum Gasteiger partial charge on any atom is 0.310 e. The van der Waals surface area contributed by atoms with Crippen molar-refractivity contribution in [2.45, 2.75) is 25.8 Å². The van der Waals surface area contributed by atoms with Gasteiger partial charge in [-0.2, -0.15) is 5.26 Å². The van der Waals surface area contributed by atoms with Crippen LogP contribution >= 0.6 is 12.2 Å². The molecule has 3 N–H and O–H groups in total. The molecule has 0 bridgehead atoms. The van der Waals surface area contributed by atoms with Gasteiger partial charge in [0.05, 0.1) is 30.7 Å². The Bertz CT molecular complexity index is 599. The van der Waals surface area contributed by atoms with Crippen LogP contribution in [-0.2, 0) is 22.4 Å². The number of ether oxygens (including phenoxy) is 1. The van der Waals surface area contributed by atoms with Crippen LogP contribution in [0.15, 0.2) is 12.1 Å². The number of halogens is 1. The highest BCUT2D eigenvalue weighted by Crippen LogP contribution is 2.18. The number of carbonyl (C=O) groups is 1. The highest BCUT2D eigenvalue weighted by atomic mass is 32.1. The summed E-state index contributed by atoms with van der Waals surface area (Å²) < 4.78 is 18.7. The van der Waals surface area contributed by atoms with Crippen LogP contribution in [0, 0.1) is 17.1 Å². The van der Waals surface area contributed by atoms with Crippen molar-refractivity contribution in [3.63, 3.8) is 0 Å². The van der Waals surface area contributed by atoms with Crippen LogP contribution < -0.4 is 5.73 Å². The van der Waals surface area contributed by atoms with E-state index in [0.29, 0.717) is 5.56 Å². The molecule has 0 amide bonds. The molecule has 5 nitrogen and oxygen atoms in total. The Morgan fingerprint density at radius 2 is 2.24 bits per heavy atom. The van der Waals surface area contributed by atoms with Crippen molar-refractivity contribution in [1.29, 1.82) is 5.26 Å². The number of nitriles is 1. The fourth-order valence-electron chi connectivity index (χ4n) is 1.77. The van der Waals surface area contributed by atoms with Gasteiger partial charge in [-0.15, -0.1) is 0 Å². The number of esters is 1. The summed E-state index contributed by atoms with van der Waals surface area (Å²) in [5, 5.41) is 17.7. The van der Waals surface area contributed by atoms with Gasteiger partial charge in [0.25, 0.3) is 0 Å². The minimum Gasteiger partial charge on any atom is -0.501 e. The van der Waals surface area contributed by atoms with Gasteiger partial charge in [-0.25, -0.2) is 4.39 Å². The smallest absolute Gasteiger partial charge is 0.310 e. The average molecular weight is 310 g/mol. The number of aliphatic hydroxyl groups is 1. The van der Waals surface area contributed by atoms with Crippen molar-refractivity contribution in [2.24, 2.45) is 5.73 Å². The Labute approximate surface area is 127 Å². The number of hydrogen-bond donors (Lipinski definition) is 2. The monoisotopic (exact) mass is 310 g/mol. The average Bonchev–Trinajstić information content (AvgIpc) is 2.42. The van der Waals surface area contributed by atoms with Crippen LogP contribution in [0.25, 0.3) is 0 Å². The van der Waals surface area contributed by atoms with Gasteiger partial charge >= 0.3 is 5.97 Å². The van der Waals surface area contributed by atoms with Gasteiger partial charge in [0.15, 0.2) is 5.05 Å². The van der Waals surface area contributed by atoms with Crippen LogP contribution in [0.4, 0.5) is 4.39 Å². The molecule has 0 radical (unpaired) electrons. The fraction of sp³-hybridized carbons (Fsp3) is 0.357. The number of aliphatic hydroxyl groups excluding tert-OH is 1. The first-order valence-corrected chi connectivity index (χ1v) is 6.65. The minimum absolute atomic E-state index is 0.0251. The molecule has 112 valence electrons. The van der Waals surface area contributed by atoms with E-state index in [-0.39, 0.29) is 30.6 Å². The van der Waals surface area contributed by atoms with Gasteiger partial charge in [-0.3, -0.25) is 4.79 Å². The molecule has 0 spiro atoms. The van der Waals surface area contributed by atoms with E-state index in [9.17, 15) is 9.18 Å². The number of carbonyl (C=O) groups excluding carboxylic acids is 1. The molecule has 0 saturated heterocycles. The second-order valence-corrected chi connectivity index (χ2v) is 4.76. The summed E-state index contributed by atoms with van der Waals surface area (Å²) in [6, 6.07) is 3.36. The Morgan fingerprint density at radius 3 is 2.76 bits per heavy atom. The van der Waals surface area contributed by atoms with Crippen molar-refractivity contribution in [2.75, 3.05) is 6.61 Å². The van der Waals surface area contributed by atoms with Gasteiger partial charge in [-0.05, 0) is 42.8 Å². The van der Waals surface area contributed by atoms with Crippen LogP contribution in [0.1, 0.15) is 23.6 Å². The van der Waals surface area contributed by atoms with Gasteiger partial charge in [0.1, 0.15) is 5.82 Å². The number of nitrogens with two attached hydrogens (primary N) is 1. The maximum absolute atomic E-state index is 13.9. The second-order valence-electron chi connectivity index (χ2n) is 4.34. The largest absolute Gasteiger partial charge is 0.501 e. The van der Waals surface area contributed by atoms with Crippen LogP contribution in [-0.4, -0.2) is 28.8 Å². The number of benzene rings is 1. The number of rotatable bonds is 6. The van der Waals surface area contributed by atoms with Crippen molar-refractivity contribution < 1.29 is 19.0 Å². The lowest BCUT2D eigenvalue weighted by Gasteiger charge is -2.12. The van der Waals surface area contributed by atoms with Crippen LogP contribution in [0.2, 0.25) is 0 Å². The molecule has 1 atom stereocenters. The van der Waals surface area contributed by atoms with Crippen molar-refractivity contribution in [3.05, 3.63) is 34.6 Å². The van der Waals surface area contributed by atoms with Gasteiger partial charge in [0.2, 0.25) is 0 Å². The summed E-state index contributed by atoms with van der Waals surface area (Å²) >= 11 is 4.53. The van der Waals surface area contributed by atoms with Crippen LogP contribution in [0.5, 0.6) is 0 Å². The summed E-state index contributed by atoms with van der Waals surface area (Å²) in [7, 11) is 0. The van der Waals surface area contributed by atoms with Crippen molar-refractivity contribution >= 4 is 23.2 Å². The molecule has 0 aliphatic rings. The molecule has 7 heteroatoms. The van der Waals surface area contributed by atoms with Gasteiger partial charge < -0.3 is 15.6 Å². The maximum atomic E-state index is 13.9. The second kappa shape index (κ2) is 7.67. The molecule has 0 heterocycles. The Morgan fingerprint density at radius 1 is 1.57 bits per heavy atom. The van der Waals surface area contributed by atoms with Crippen LogP contribution in [0.3, 0.4) is 0 Å². The zero-order valence-corrected chi connectivity index (χ0v) is 12.2. The first kappa shape index (κ1) is 17.0. The highest BCUT2D eigenvalue weighted by molar-refractivity contribution is 7.80. The van der Waals surface area contributed by atoms with E-state index in [2.05, 4.69) is 12.2 Å². The van der Waals surface area contributed by atoms with Crippen molar-refractivity contribution in [3.8, 4) is 6.07 Å². The zero-order chi connectivity index (χ0) is 16.0.